The molecule has 2 aromatic rings. The minimum atomic E-state index is -0.000278. The quantitative estimate of drug-likeness (QED) is 0.813. The fourth-order valence-electron chi connectivity index (χ4n) is 1.22. The summed E-state index contributed by atoms with van der Waals surface area (Å²) >= 11 is 1.44. The standard InChI is InChI=1S/C10H10N2OS/c11-6-8-3-4-12(7-8)10(13)9-2-1-5-14-9/h1-5,7H,6,11H2. The summed E-state index contributed by atoms with van der Waals surface area (Å²) in [4.78, 5) is 12.5. The minimum Gasteiger partial charge on any atom is -0.326 e. The summed E-state index contributed by atoms with van der Waals surface area (Å²) in [6, 6.07) is 5.53. The zero-order valence-electron chi connectivity index (χ0n) is 7.51. The summed E-state index contributed by atoms with van der Waals surface area (Å²) in [6.07, 6.45) is 3.51. The number of rotatable bonds is 2. The summed E-state index contributed by atoms with van der Waals surface area (Å²) in [6.45, 7) is 0.463. The first-order valence-corrected chi connectivity index (χ1v) is 5.14. The molecule has 0 aliphatic rings. The number of aromatic nitrogens is 1. The third-order valence-electron chi connectivity index (χ3n) is 1.96. The highest BCUT2D eigenvalue weighted by Crippen LogP contribution is 2.11. The van der Waals surface area contributed by atoms with E-state index in [4.69, 9.17) is 5.73 Å². The van der Waals surface area contributed by atoms with Crippen LogP contribution in [0.15, 0.2) is 36.0 Å². The fraction of sp³-hybridized carbons (Fsp3) is 0.100. The number of hydrogen-bond donors (Lipinski definition) is 1. The van der Waals surface area contributed by atoms with Crippen LogP contribution in [-0.4, -0.2) is 10.5 Å². The van der Waals surface area contributed by atoms with Gasteiger partial charge in [-0.1, -0.05) is 6.07 Å². The molecule has 2 heterocycles. The highest BCUT2D eigenvalue weighted by molar-refractivity contribution is 7.12. The second-order valence-corrected chi connectivity index (χ2v) is 3.86. The van der Waals surface area contributed by atoms with Crippen molar-refractivity contribution in [3.63, 3.8) is 0 Å². The van der Waals surface area contributed by atoms with Crippen LogP contribution in [0.2, 0.25) is 0 Å². The first-order chi connectivity index (χ1) is 6.81. The number of thiophene rings is 1. The van der Waals surface area contributed by atoms with E-state index < -0.39 is 0 Å². The molecule has 2 rings (SSSR count). The van der Waals surface area contributed by atoms with Crippen LogP contribution < -0.4 is 5.73 Å². The molecule has 0 radical (unpaired) electrons. The topological polar surface area (TPSA) is 48.0 Å². The molecule has 72 valence electrons. The third-order valence-corrected chi connectivity index (χ3v) is 2.81. The smallest absolute Gasteiger partial charge is 0.271 e. The van der Waals surface area contributed by atoms with Crippen LogP contribution in [0.1, 0.15) is 15.2 Å². The van der Waals surface area contributed by atoms with Crippen LogP contribution in [0, 0.1) is 0 Å². The van der Waals surface area contributed by atoms with Gasteiger partial charge in [-0.2, -0.15) is 0 Å². The van der Waals surface area contributed by atoms with Gasteiger partial charge in [0, 0.05) is 18.9 Å². The molecule has 0 saturated heterocycles. The summed E-state index contributed by atoms with van der Waals surface area (Å²) in [5.41, 5.74) is 6.43. The van der Waals surface area contributed by atoms with Crippen molar-refractivity contribution in [3.8, 4) is 0 Å². The SMILES string of the molecule is NCc1ccn(C(=O)c2cccs2)c1. The van der Waals surface area contributed by atoms with E-state index in [1.54, 1.807) is 17.0 Å². The Hall–Kier alpha value is -1.39. The second-order valence-electron chi connectivity index (χ2n) is 2.91. The zero-order valence-corrected chi connectivity index (χ0v) is 8.33. The van der Waals surface area contributed by atoms with Crippen LogP contribution in [0.5, 0.6) is 0 Å². The average molecular weight is 206 g/mol. The van der Waals surface area contributed by atoms with Gasteiger partial charge in [0.25, 0.3) is 5.91 Å². The van der Waals surface area contributed by atoms with Crippen LogP contribution in [-0.2, 0) is 6.54 Å². The van der Waals surface area contributed by atoms with Gasteiger partial charge in [-0.15, -0.1) is 11.3 Å². The Bertz CT molecular complexity index is 431. The van der Waals surface area contributed by atoms with Crippen LogP contribution in [0.4, 0.5) is 0 Å². The predicted molar refractivity (Wildman–Crippen MR) is 56.4 cm³/mol. The molecule has 0 unspecified atom stereocenters. The first kappa shape index (κ1) is 9.18. The maximum Gasteiger partial charge on any atom is 0.271 e. The van der Waals surface area contributed by atoms with Crippen molar-refractivity contribution >= 4 is 17.2 Å². The molecule has 2 aromatic heterocycles. The minimum absolute atomic E-state index is 0.000278. The van der Waals surface area contributed by atoms with Crippen molar-refractivity contribution in [2.75, 3.05) is 0 Å². The molecule has 0 fully saturated rings. The third kappa shape index (κ3) is 1.62. The Balaban J connectivity index is 2.28. The van der Waals surface area contributed by atoms with Gasteiger partial charge >= 0.3 is 0 Å². The molecule has 0 aliphatic carbocycles. The summed E-state index contributed by atoms with van der Waals surface area (Å²) in [5, 5.41) is 1.89. The molecular formula is C10H10N2OS. The van der Waals surface area contributed by atoms with E-state index >= 15 is 0 Å². The van der Waals surface area contributed by atoms with Gasteiger partial charge in [-0.3, -0.25) is 9.36 Å². The molecule has 0 aliphatic heterocycles. The number of hydrogen-bond acceptors (Lipinski definition) is 3. The van der Waals surface area contributed by atoms with E-state index in [0.717, 1.165) is 10.4 Å². The molecule has 14 heavy (non-hydrogen) atoms. The van der Waals surface area contributed by atoms with Crippen molar-refractivity contribution in [1.29, 1.82) is 0 Å². The maximum atomic E-state index is 11.8. The Morgan fingerprint density at radius 3 is 2.93 bits per heavy atom. The lowest BCUT2D eigenvalue weighted by molar-refractivity contribution is 0.0964. The Morgan fingerprint density at radius 1 is 1.50 bits per heavy atom. The van der Waals surface area contributed by atoms with Gasteiger partial charge in [0.1, 0.15) is 0 Å². The molecule has 0 aromatic carbocycles. The van der Waals surface area contributed by atoms with Crippen molar-refractivity contribution < 1.29 is 4.79 Å². The summed E-state index contributed by atoms with van der Waals surface area (Å²) in [7, 11) is 0. The number of nitrogens with two attached hydrogens (primary N) is 1. The van der Waals surface area contributed by atoms with Crippen LogP contribution in [0.25, 0.3) is 0 Å². The van der Waals surface area contributed by atoms with Crippen molar-refractivity contribution in [2.45, 2.75) is 6.54 Å². The summed E-state index contributed by atoms with van der Waals surface area (Å²) in [5.74, 6) is -0.000278. The van der Waals surface area contributed by atoms with Crippen LogP contribution >= 0.6 is 11.3 Å². The van der Waals surface area contributed by atoms with E-state index in [0.29, 0.717) is 6.54 Å². The molecule has 0 saturated carbocycles. The van der Waals surface area contributed by atoms with Gasteiger partial charge in [0.2, 0.25) is 0 Å². The second kappa shape index (κ2) is 3.77. The average Bonchev–Trinajstić information content (AvgIpc) is 2.88. The Kier molecular flexibility index (Phi) is 2.47. The number of carbonyl (C=O) groups excluding carboxylic acids is 1. The van der Waals surface area contributed by atoms with E-state index in [-0.39, 0.29) is 5.91 Å². The van der Waals surface area contributed by atoms with Crippen LogP contribution in [0.3, 0.4) is 0 Å². The lowest BCUT2D eigenvalue weighted by Gasteiger charge is -1.97. The normalized spacial score (nSPS) is 10.4. The first-order valence-electron chi connectivity index (χ1n) is 4.26. The number of nitrogens with zero attached hydrogens (tertiary/aromatic N) is 1. The molecule has 4 heteroatoms. The monoisotopic (exact) mass is 206 g/mol. The highest BCUT2D eigenvalue weighted by atomic mass is 32.1. The summed E-state index contributed by atoms with van der Waals surface area (Å²) < 4.78 is 1.56. The largest absolute Gasteiger partial charge is 0.326 e. The van der Waals surface area contributed by atoms with Gasteiger partial charge in [0.15, 0.2) is 0 Å². The van der Waals surface area contributed by atoms with Gasteiger partial charge in [-0.05, 0) is 23.1 Å². The molecule has 0 bridgehead atoms. The number of carbonyl (C=O) groups is 1. The van der Waals surface area contributed by atoms with Gasteiger partial charge in [-0.25, -0.2) is 0 Å². The lowest BCUT2D eigenvalue weighted by atomic mass is 10.3. The van der Waals surface area contributed by atoms with Crippen molar-refractivity contribution in [3.05, 3.63) is 46.4 Å². The predicted octanol–water partition coefficient (Wildman–Crippen LogP) is 1.70. The fourth-order valence-corrected chi connectivity index (χ4v) is 1.88. The van der Waals surface area contributed by atoms with Crippen molar-refractivity contribution in [2.24, 2.45) is 5.73 Å². The van der Waals surface area contributed by atoms with Gasteiger partial charge < -0.3 is 5.73 Å². The van der Waals surface area contributed by atoms with Gasteiger partial charge in [0.05, 0.1) is 4.88 Å². The lowest BCUT2D eigenvalue weighted by Crippen LogP contribution is -2.07. The highest BCUT2D eigenvalue weighted by Gasteiger charge is 2.08. The molecule has 3 nitrogen and oxygen atoms in total. The van der Waals surface area contributed by atoms with E-state index in [1.807, 2.05) is 23.6 Å². The van der Waals surface area contributed by atoms with E-state index in [1.165, 1.54) is 11.3 Å². The molecule has 0 atom stereocenters. The Labute approximate surface area is 85.8 Å². The molecule has 2 N–H and O–H groups in total. The molecule has 0 amide bonds. The Morgan fingerprint density at radius 2 is 2.36 bits per heavy atom. The maximum absolute atomic E-state index is 11.8. The van der Waals surface area contributed by atoms with E-state index in [9.17, 15) is 4.79 Å². The van der Waals surface area contributed by atoms with E-state index in [2.05, 4.69) is 0 Å². The zero-order chi connectivity index (χ0) is 9.97. The van der Waals surface area contributed by atoms with Crippen molar-refractivity contribution in [1.82, 2.24) is 4.57 Å². The molecule has 0 spiro atoms. The molecular weight excluding hydrogens is 196 g/mol.